The van der Waals surface area contributed by atoms with E-state index in [0.717, 1.165) is 17.8 Å². The fourth-order valence-electron chi connectivity index (χ4n) is 2.49. The topological polar surface area (TPSA) is 12.5 Å². The second-order valence-electron chi connectivity index (χ2n) is 6.11. The third-order valence-corrected chi connectivity index (χ3v) is 5.29. The molecule has 0 radical (unpaired) electrons. The number of hydrogen-bond acceptors (Lipinski definition) is 3. The predicted octanol–water partition coefficient (Wildman–Crippen LogP) is 4.74. The van der Waals surface area contributed by atoms with Crippen LogP contribution in [-0.4, -0.2) is 35.4 Å². The maximum absolute atomic E-state index is 5.59. The molecule has 1 aliphatic heterocycles. The summed E-state index contributed by atoms with van der Waals surface area (Å²) in [4.78, 5) is 0. The van der Waals surface area contributed by atoms with Crippen LogP contribution in [0.1, 0.15) is 66.2 Å². The van der Waals surface area contributed by atoms with Gasteiger partial charge in [-0.25, -0.2) is 0 Å². The first-order valence-corrected chi connectivity index (χ1v) is 8.98. The summed E-state index contributed by atoms with van der Waals surface area (Å²) in [6, 6.07) is 0. The van der Waals surface area contributed by atoms with Crippen molar-refractivity contribution < 1.29 is 4.74 Å². The summed E-state index contributed by atoms with van der Waals surface area (Å²) in [6.45, 7) is 12.4. The zero-order valence-corrected chi connectivity index (χ0v) is 14.2. The lowest BCUT2D eigenvalue weighted by Gasteiger charge is -2.32. The molecular formula is C16H33NOS. The van der Waals surface area contributed by atoms with Gasteiger partial charge >= 0.3 is 0 Å². The first-order valence-electron chi connectivity index (χ1n) is 8.15. The Morgan fingerprint density at radius 2 is 1.84 bits per heavy atom. The highest BCUT2D eigenvalue weighted by atomic mass is 32.2. The van der Waals surface area contributed by atoms with Crippen molar-refractivity contribution in [3.8, 4) is 0 Å². The van der Waals surface area contributed by atoms with Crippen LogP contribution in [0.15, 0.2) is 0 Å². The Balaban J connectivity index is 2.00. The zero-order valence-electron chi connectivity index (χ0n) is 13.4. The second kappa shape index (κ2) is 10.1. The minimum Gasteiger partial charge on any atom is -0.379 e. The van der Waals surface area contributed by atoms with Crippen LogP contribution < -0.4 is 0 Å². The van der Waals surface area contributed by atoms with E-state index < -0.39 is 0 Å². The van der Waals surface area contributed by atoms with E-state index >= 15 is 0 Å². The normalized spacial score (nSPS) is 20.1. The summed E-state index contributed by atoms with van der Waals surface area (Å²) in [7, 11) is 0. The molecule has 1 saturated heterocycles. The smallest absolute Gasteiger partial charge is 0.0518 e. The highest BCUT2D eigenvalue weighted by molar-refractivity contribution is 7.97. The Hall–Kier alpha value is 0.270. The fourth-order valence-corrected chi connectivity index (χ4v) is 3.57. The summed E-state index contributed by atoms with van der Waals surface area (Å²) in [5.74, 6) is 0.966. The Kier molecular flexibility index (Phi) is 9.17. The molecular weight excluding hydrogens is 254 g/mol. The van der Waals surface area contributed by atoms with E-state index in [1.807, 2.05) is 0 Å². The lowest BCUT2D eigenvalue weighted by atomic mass is 9.92. The third kappa shape index (κ3) is 8.21. The van der Waals surface area contributed by atoms with Crippen molar-refractivity contribution in [2.45, 2.75) is 77.6 Å². The monoisotopic (exact) mass is 287 g/mol. The van der Waals surface area contributed by atoms with E-state index in [2.05, 4.69) is 43.9 Å². The maximum atomic E-state index is 5.59. The van der Waals surface area contributed by atoms with Gasteiger partial charge in [0.25, 0.3) is 0 Å². The summed E-state index contributed by atoms with van der Waals surface area (Å²) < 4.78 is 8.18. The molecule has 1 aliphatic rings. The van der Waals surface area contributed by atoms with Gasteiger partial charge in [0.15, 0.2) is 0 Å². The molecule has 1 rings (SSSR count). The molecule has 1 atom stereocenters. The second-order valence-corrected chi connectivity index (χ2v) is 7.64. The molecule has 0 spiro atoms. The third-order valence-electron chi connectivity index (χ3n) is 3.94. The van der Waals surface area contributed by atoms with Gasteiger partial charge in [0, 0.05) is 24.9 Å². The van der Waals surface area contributed by atoms with Gasteiger partial charge < -0.3 is 4.74 Å². The van der Waals surface area contributed by atoms with Crippen LogP contribution in [0.4, 0.5) is 0 Å². The number of nitrogens with zero attached hydrogens (tertiary/aromatic N) is 1. The highest BCUT2D eigenvalue weighted by Crippen LogP contribution is 2.28. The fraction of sp³-hybridized carbons (Fsp3) is 1.00. The van der Waals surface area contributed by atoms with Crippen LogP contribution in [0.5, 0.6) is 0 Å². The standard InChI is InChI=1S/C16H33NOS/c1-5-15(4)19-17-11-9-16(10-12-17)8-6-7-13-18-14(2)3/h14-16H,5-13H2,1-4H3. The van der Waals surface area contributed by atoms with Gasteiger partial charge in [-0.15, -0.1) is 0 Å². The van der Waals surface area contributed by atoms with Crippen LogP contribution in [0.2, 0.25) is 0 Å². The van der Waals surface area contributed by atoms with Gasteiger partial charge in [-0.2, -0.15) is 0 Å². The largest absolute Gasteiger partial charge is 0.379 e. The van der Waals surface area contributed by atoms with Crippen LogP contribution >= 0.6 is 11.9 Å². The van der Waals surface area contributed by atoms with Gasteiger partial charge in [-0.1, -0.05) is 38.6 Å². The van der Waals surface area contributed by atoms with Crippen molar-refractivity contribution in [1.82, 2.24) is 4.31 Å². The molecule has 0 aromatic rings. The molecule has 1 heterocycles. The van der Waals surface area contributed by atoms with E-state index in [1.165, 1.54) is 51.6 Å². The molecule has 1 fully saturated rings. The Bertz CT molecular complexity index is 215. The van der Waals surface area contributed by atoms with E-state index in [0.29, 0.717) is 6.10 Å². The van der Waals surface area contributed by atoms with Crippen molar-refractivity contribution in [3.05, 3.63) is 0 Å². The molecule has 0 aromatic carbocycles. The number of unbranched alkanes of at least 4 members (excludes halogenated alkanes) is 1. The van der Waals surface area contributed by atoms with Crippen LogP contribution in [0, 0.1) is 5.92 Å². The first kappa shape index (κ1) is 17.3. The summed E-state index contributed by atoms with van der Waals surface area (Å²) in [5.41, 5.74) is 0. The van der Waals surface area contributed by atoms with E-state index in [4.69, 9.17) is 4.74 Å². The first-order chi connectivity index (χ1) is 9.11. The van der Waals surface area contributed by atoms with Crippen LogP contribution in [0.25, 0.3) is 0 Å². The quantitative estimate of drug-likeness (QED) is 0.449. The number of piperidine rings is 1. The summed E-state index contributed by atoms with van der Waals surface area (Å²) >= 11 is 2.07. The lowest BCUT2D eigenvalue weighted by Crippen LogP contribution is -2.30. The van der Waals surface area contributed by atoms with Crippen molar-refractivity contribution in [2.75, 3.05) is 19.7 Å². The number of ether oxygens (including phenoxy) is 1. The molecule has 0 bridgehead atoms. The molecule has 1 unspecified atom stereocenters. The van der Waals surface area contributed by atoms with Crippen molar-refractivity contribution in [3.63, 3.8) is 0 Å². The molecule has 2 nitrogen and oxygen atoms in total. The molecule has 3 heteroatoms. The van der Waals surface area contributed by atoms with Gasteiger partial charge in [0.05, 0.1) is 6.10 Å². The lowest BCUT2D eigenvalue weighted by molar-refractivity contribution is 0.0746. The van der Waals surface area contributed by atoms with E-state index in [-0.39, 0.29) is 0 Å². The predicted molar refractivity (Wildman–Crippen MR) is 86.6 cm³/mol. The SMILES string of the molecule is CCC(C)SN1CCC(CCCCOC(C)C)CC1. The Labute approximate surface area is 124 Å². The molecule has 0 aromatic heterocycles. The van der Waals surface area contributed by atoms with E-state index in [1.54, 1.807) is 0 Å². The maximum Gasteiger partial charge on any atom is 0.0518 e. The average molecular weight is 288 g/mol. The Morgan fingerprint density at radius 1 is 1.16 bits per heavy atom. The molecule has 19 heavy (non-hydrogen) atoms. The Morgan fingerprint density at radius 3 is 2.42 bits per heavy atom. The number of hydrogen-bond donors (Lipinski definition) is 0. The van der Waals surface area contributed by atoms with Gasteiger partial charge in [0.1, 0.15) is 0 Å². The van der Waals surface area contributed by atoms with Crippen molar-refractivity contribution in [1.29, 1.82) is 0 Å². The van der Waals surface area contributed by atoms with Crippen molar-refractivity contribution >= 4 is 11.9 Å². The zero-order chi connectivity index (χ0) is 14.1. The average Bonchev–Trinajstić information content (AvgIpc) is 2.39. The molecule has 0 aliphatic carbocycles. The van der Waals surface area contributed by atoms with Crippen molar-refractivity contribution in [2.24, 2.45) is 5.92 Å². The minimum atomic E-state index is 0.390. The highest BCUT2D eigenvalue weighted by Gasteiger charge is 2.20. The minimum absolute atomic E-state index is 0.390. The molecule has 0 N–H and O–H groups in total. The van der Waals surface area contributed by atoms with Gasteiger partial charge in [-0.05, 0) is 45.4 Å². The van der Waals surface area contributed by atoms with Gasteiger partial charge in [0.2, 0.25) is 0 Å². The van der Waals surface area contributed by atoms with Gasteiger partial charge in [-0.3, -0.25) is 4.31 Å². The molecule has 0 saturated carbocycles. The van der Waals surface area contributed by atoms with E-state index in [9.17, 15) is 0 Å². The molecule has 114 valence electrons. The van der Waals surface area contributed by atoms with Crippen LogP contribution in [0.3, 0.4) is 0 Å². The molecule has 0 amide bonds. The number of rotatable bonds is 9. The van der Waals surface area contributed by atoms with Crippen LogP contribution in [-0.2, 0) is 4.74 Å². The summed E-state index contributed by atoms with van der Waals surface area (Å²) in [5, 5.41) is 0.782. The summed E-state index contributed by atoms with van der Waals surface area (Å²) in [6.07, 6.45) is 8.45.